The van der Waals surface area contributed by atoms with E-state index in [1.807, 2.05) is 0 Å². The van der Waals surface area contributed by atoms with E-state index in [9.17, 15) is 14.7 Å². The molecule has 1 aliphatic rings. The third kappa shape index (κ3) is 4.67. The first-order chi connectivity index (χ1) is 9.50. The Labute approximate surface area is 120 Å². The molecule has 2 unspecified atom stereocenters. The van der Waals surface area contributed by atoms with Crippen LogP contribution in [0.5, 0.6) is 0 Å². The van der Waals surface area contributed by atoms with Gasteiger partial charge in [0.05, 0.1) is 5.41 Å². The third-order valence-corrected chi connectivity index (χ3v) is 4.06. The Morgan fingerprint density at radius 3 is 2.75 bits per heavy atom. The van der Waals surface area contributed by atoms with Crippen molar-refractivity contribution < 1.29 is 19.4 Å². The molecule has 0 spiro atoms. The van der Waals surface area contributed by atoms with Crippen molar-refractivity contribution in [1.29, 1.82) is 0 Å². The summed E-state index contributed by atoms with van der Waals surface area (Å²) in [5, 5.41) is 14.8. The van der Waals surface area contributed by atoms with Crippen LogP contribution in [0.25, 0.3) is 0 Å². The average molecular weight is 286 g/mol. The van der Waals surface area contributed by atoms with Gasteiger partial charge >= 0.3 is 12.0 Å². The molecule has 2 amide bonds. The van der Waals surface area contributed by atoms with Crippen LogP contribution in [0.2, 0.25) is 0 Å². The standard InChI is InChI=1S/C14H26N2O4/c1-14(12(17)18)8-6-7-11(14)16-13(19)15-9-4-3-5-10-20-2/h11H,3-10H2,1-2H3,(H,17,18)(H2,15,16,19). The highest BCUT2D eigenvalue weighted by molar-refractivity contribution is 5.79. The van der Waals surface area contributed by atoms with Crippen LogP contribution in [0.4, 0.5) is 4.79 Å². The van der Waals surface area contributed by atoms with Gasteiger partial charge in [-0.3, -0.25) is 4.79 Å². The van der Waals surface area contributed by atoms with Crippen LogP contribution in [-0.4, -0.2) is 43.4 Å². The molecule has 0 radical (unpaired) electrons. The minimum Gasteiger partial charge on any atom is -0.481 e. The number of rotatable bonds is 8. The van der Waals surface area contributed by atoms with E-state index in [-0.39, 0.29) is 12.1 Å². The van der Waals surface area contributed by atoms with E-state index < -0.39 is 11.4 Å². The number of urea groups is 1. The molecule has 6 nitrogen and oxygen atoms in total. The van der Waals surface area contributed by atoms with Gasteiger partial charge in [-0.1, -0.05) is 6.42 Å². The number of carbonyl (C=O) groups is 2. The molecule has 0 aromatic carbocycles. The number of aliphatic carboxylic acids is 1. The van der Waals surface area contributed by atoms with Crippen LogP contribution >= 0.6 is 0 Å². The summed E-state index contributed by atoms with van der Waals surface area (Å²) in [5.74, 6) is -0.833. The highest BCUT2D eigenvalue weighted by Crippen LogP contribution is 2.38. The SMILES string of the molecule is COCCCCCNC(=O)NC1CCCC1(C)C(=O)O. The number of carboxylic acid groups (broad SMARTS) is 1. The van der Waals surface area contributed by atoms with Crippen LogP contribution in [0.3, 0.4) is 0 Å². The lowest BCUT2D eigenvalue weighted by Crippen LogP contribution is -2.50. The number of carboxylic acids is 1. The number of hydrogen-bond acceptors (Lipinski definition) is 3. The number of nitrogens with one attached hydrogen (secondary N) is 2. The summed E-state index contributed by atoms with van der Waals surface area (Å²) < 4.78 is 4.95. The zero-order chi connectivity index (χ0) is 15.0. The summed E-state index contributed by atoms with van der Waals surface area (Å²) >= 11 is 0. The zero-order valence-corrected chi connectivity index (χ0v) is 12.4. The van der Waals surface area contributed by atoms with Crippen molar-refractivity contribution in [3.63, 3.8) is 0 Å². The summed E-state index contributed by atoms with van der Waals surface area (Å²) in [6, 6.07) is -0.551. The first-order valence-corrected chi connectivity index (χ1v) is 7.27. The van der Waals surface area contributed by atoms with Crippen molar-refractivity contribution in [3.05, 3.63) is 0 Å². The predicted octanol–water partition coefficient (Wildman–Crippen LogP) is 1.75. The second-order valence-electron chi connectivity index (χ2n) is 5.62. The van der Waals surface area contributed by atoms with Crippen molar-refractivity contribution in [1.82, 2.24) is 10.6 Å². The van der Waals surface area contributed by atoms with Gasteiger partial charge in [0.25, 0.3) is 0 Å². The Kier molecular flexibility index (Phi) is 6.78. The molecule has 1 aliphatic carbocycles. The van der Waals surface area contributed by atoms with E-state index in [0.29, 0.717) is 13.0 Å². The van der Waals surface area contributed by atoms with Gasteiger partial charge in [0, 0.05) is 26.3 Å². The Balaban J connectivity index is 2.23. The fraction of sp³-hybridized carbons (Fsp3) is 0.857. The molecule has 1 saturated carbocycles. The van der Waals surface area contributed by atoms with Crippen molar-refractivity contribution in [3.8, 4) is 0 Å². The lowest BCUT2D eigenvalue weighted by atomic mass is 9.85. The predicted molar refractivity (Wildman–Crippen MR) is 75.6 cm³/mol. The fourth-order valence-corrected chi connectivity index (χ4v) is 2.61. The molecule has 3 N–H and O–H groups in total. The summed E-state index contributed by atoms with van der Waals surface area (Å²) in [7, 11) is 1.67. The molecule has 0 saturated heterocycles. The van der Waals surface area contributed by atoms with Crippen LogP contribution in [0, 0.1) is 5.41 Å². The maximum atomic E-state index is 11.8. The van der Waals surface area contributed by atoms with Gasteiger partial charge in [0.1, 0.15) is 0 Å². The highest BCUT2D eigenvalue weighted by atomic mass is 16.5. The molecule has 1 fully saturated rings. The van der Waals surface area contributed by atoms with E-state index in [1.54, 1.807) is 14.0 Å². The minimum absolute atomic E-state index is 0.267. The smallest absolute Gasteiger partial charge is 0.315 e. The molecule has 1 rings (SSSR count). The Hall–Kier alpha value is -1.30. The molecular formula is C14H26N2O4. The maximum Gasteiger partial charge on any atom is 0.315 e. The molecule has 0 heterocycles. The second-order valence-corrected chi connectivity index (χ2v) is 5.62. The van der Waals surface area contributed by atoms with E-state index in [1.165, 1.54) is 0 Å². The molecule has 20 heavy (non-hydrogen) atoms. The average Bonchev–Trinajstić information content (AvgIpc) is 2.76. The van der Waals surface area contributed by atoms with E-state index in [2.05, 4.69) is 10.6 Å². The Bertz CT molecular complexity index is 335. The van der Waals surface area contributed by atoms with Crippen molar-refractivity contribution in [2.24, 2.45) is 5.41 Å². The summed E-state index contributed by atoms with van der Waals surface area (Å²) in [6.45, 7) is 3.05. The maximum absolute atomic E-state index is 11.8. The number of hydrogen-bond donors (Lipinski definition) is 3. The number of unbranched alkanes of at least 4 members (excludes halogenated alkanes) is 2. The largest absolute Gasteiger partial charge is 0.481 e. The lowest BCUT2D eigenvalue weighted by Gasteiger charge is -2.27. The normalized spacial score (nSPS) is 25.4. The van der Waals surface area contributed by atoms with Crippen LogP contribution < -0.4 is 10.6 Å². The molecule has 0 bridgehead atoms. The van der Waals surface area contributed by atoms with Gasteiger partial charge < -0.3 is 20.5 Å². The third-order valence-electron chi connectivity index (χ3n) is 4.06. The molecule has 0 aromatic rings. The number of amides is 2. The number of methoxy groups -OCH3 is 1. The van der Waals surface area contributed by atoms with E-state index >= 15 is 0 Å². The minimum atomic E-state index is -0.837. The quantitative estimate of drug-likeness (QED) is 0.593. The second kappa shape index (κ2) is 8.09. The molecule has 116 valence electrons. The molecule has 6 heteroatoms. The van der Waals surface area contributed by atoms with Gasteiger partial charge in [0.15, 0.2) is 0 Å². The van der Waals surface area contributed by atoms with Crippen LogP contribution in [0.1, 0.15) is 45.4 Å². The van der Waals surface area contributed by atoms with Crippen molar-refractivity contribution >= 4 is 12.0 Å². The Morgan fingerprint density at radius 2 is 2.10 bits per heavy atom. The van der Waals surface area contributed by atoms with Gasteiger partial charge in [-0.05, 0) is 39.0 Å². The van der Waals surface area contributed by atoms with Gasteiger partial charge in [-0.2, -0.15) is 0 Å². The summed E-state index contributed by atoms with van der Waals surface area (Å²) in [4.78, 5) is 23.1. The first-order valence-electron chi connectivity index (χ1n) is 7.27. The fourth-order valence-electron chi connectivity index (χ4n) is 2.61. The van der Waals surface area contributed by atoms with Gasteiger partial charge in [0.2, 0.25) is 0 Å². The number of ether oxygens (including phenoxy) is 1. The van der Waals surface area contributed by atoms with Crippen molar-refractivity contribution in [2.75, 3.05) is 20.3 Å². The van der Waals surface area contributed by atoms with Crippen molar-refractivity contribution in [2.45, 2.75) is 51.5 Å². The zero-order valence-electron chi connectivity index (χ0n) is 12.4. The van der Waals surface area contributed by atoms with E-state index in [4.69, 9.17) is 4.74 Å². The molecule has 0 aromatic heterocycles. The van der Waals surface area contributed by atoms with Gasteiger partial charge in [-0.25, -0.2) is 4.79 Å². The monoisotopic (exact) mass is 286 g/mol. The summed E-state index contributed by atoms with van der Waals surface area (Å²) in [5.41, 5.74) is -0.837. The Morgan fingerprint density at radius 1 is 1.35 bits per heavy atom. The van der Waals surface area contributed by atoms with E-state index in [0.717, 1.165) is 38.7 Å². The molecule has 0 aliphatic heterocycles. The summed E-state index contributed by atoms with van der Waals surface area (Å²) in [6.07, 6.45) is 5.07. The topological polar surface area (TPSA) is 87.7 Å². The van der Waals surface area contributed by atoms with Gasteiger partial charge in [-0.15, -0.1) is 0 Å². The molecule has 2 atom stereocenters. The van der Waals surface area contributed by atoms with Crippen LogP contribution in [-0.2, 0) is 9.53 Å². The lowest BCUT2D eigenvalue weighted by molar-refractivity contribution is -0.148. The number of carbonyl (C=O) groups excluding carboxylic acids is 1. The first kappa shape index (κ1) is 16.8. The van der Waals surface area contributed by atoms with Crippen LogP contribution in [0.15, 0.2) is 0 Å². The highest BCUT2D eigenvalue weighted by Gasteiger charge is 2.45. The molecular weight excluding hydrogens is 260 g/mol.